The average Bonchev–Trinajstić information content (AvgIpc) is 3.49. The van der Waals surface area contributed by atoms with E-state index in [1.165, 1.54) is 11.3 Å². The molecule has 2 fully saturated rings. The number of anilines is 1. The Bertz CT molecular complexity index is 1090. The van der Waals surface area contributed by atoms with Crippen LogP contribution in [-0.2, 0) is 4.79 Å². The van der Waals surface area contributed by atoms with Gasteiger partial charge in [-0.2, -0.15) is 5.10 Å². The molecule has 0 bridgehead atoms. The molecule has 7 nitrogen and oxygen atoms in total. The van der Waals surface area contributed by atoms with E-state index in [9.17, 15) is 14.7 Å². The molecule has 0 aromatic carbocycles. The van der Waals surface area contributed by atoms with Gasteiger partial charge in [0.05, 0.1) is 16.6 Å². The van der Waals surface area contributed by atoms with Gasteiger partial charge in [0.1, 0.15) is 17.5 Å². The highest BCUT2D eigenvalue weighted by atomic mass is 32.1. The fourth-order valence-corrected chi connectivity index (χ4v) is 6.05. The highest BCUT2D eigenvalue weighted by molar-refractivity contribution is 7.15. The van der Waals surface area contributed by atoms with Crippen molar-refractivity contribution < 1.29 is 14.7 Å². The topological polar surface area (TPSA) is 88.3 Å². The second-order valence-electron chi connectivity index (χ2n) is 11.1. The number of hydrogen-bond donors (Lipinski definition) is 1. The summed E-state index contributed by atoms with van der Waals surface area (Å²) in [6.45, 7) is 8.33. The number of aromatic carboxylic acids is 1. The van der Waals surface area contributed by atoms with Gasteiger partial charge in [-0.3, -0.25) is 4.79 Å². The maximum Gasteiger partial charge on any atom is 0.348 e. The molecular weight excluding hydrogens is 460 g/mol. The maximum absolute atomic E-state index is 14.0. The van der Waals surface area contributed by atoms with Crippen LogP contribution in [0.4, 0.5) is 5.69 Å². The predicted molar refractivity (Wildman–Crippen MR) is 138 cm³/mol. The van der Waals surface area contributed by atoms with Gasteiger partial charge < -0.3 is 10.0 Å². The van der Waals surface area contributed by atoms with Gasteiger partial charge in [-0.1, -0.05) is 18.8 Å². The van der Waals surface area contributed by atoms with Crippen molar-refractivity contribution in [1.82, 2.24) is 14.8 Å². The van der Waals surface area contributed by atoms with Crippen LogP contribution in [0.3, 0.4) is 0 Å². The highest BCUT2D eigenvalue weighted by Crippen LogP contribution is 2.40. The van der Waals surface area contributed by atoms with E-state index in [4.69, 9.17) is 0 Å². The summed E-state index contributed by atoms with van der Waals surface area (Å²) < 4.78 is 1.90. The summed E-state index contributed by atoms with van der Waals surface area (Å²) in [5, 5.41) is 14.4. The minimum absolute atomic E-state index is 0.0299. The lowest BCUT2D eigenvalue weighted by molar-refractivity contribution is -0.124. The van der Waals surface area contributed by atoms with E-state index in [0.29, 0.717) is 16.5 Å². The van der Waals surface area contributed by atoms with E-state index in [-0.39, 0.29) is 34.2 Å². The molecule has 1 amide bonds. The molecule has 2 aliphatic rings. The van der Waals surface area contributed by atoms with Gasteiger partial charge >= 0.3 is 5.97 Å². The van der Waals surface area contributed by atoms with Crippen LogP contribution in [0.2, 0.25) is 0 Å². The van der Waals surface area contributed by atoms with Gasteiger partial charge in [-0.15, -0.1) is 11.3 Å². The van der Waals surface area contributed by atoms with Crippen LogP contribution in [0.15, 0.2) is 18.7 Å². The molecule has 0 radical (unpaired) electrons. The summed E-state index contributed by atoms with van der Waals surface area (Å²) >= 11 is 1.17. The molecular formula is C27H36N4O3S. The third-order valence-corrected chi connectivity index (χ3v) is 8.20. The summed E-state index contributed by atoms with van der Waals surface area (Å²) in [5.74, 6) is 6.03. The van der Waals surface area contributed by atoms with E-state index in [1.54, 1.807) is 12.7 Å². The van der Waals surface area contributed by atoms with Crippen LogP contribution in [0.1, 0.15) is 99.7 Å². The largest absolute Gasteiger partial charge is 0.477 e. The minimum Gasteiger partial charge on any atom is -0.477 e. The van der Waals surface area contributed by atoms with E-state index >= 15 is 0 Å². The maximum atomic E-state index is 14.0. The molecule has 2 saturated carbocycles. The van der Waals surface area contributed by atoms with Gasteiger partial charge in [0.25, 0.3) is 0 Å². The Morgan fingerprint density at radius 3 is 2.37 bits per heavy atom. The minimum atomic E-state index is -1.000. The van der Waals surface area contributed by atoms with Crippen LogP contribution in [0.25, 0.3) is 0 Å². The lowest BCUT2D eigenvalue weighted by Gasteiger charge is -2.39. The molecule has 8 heteroatoms. The fourth-order valence-electron chi connectivity index (χ4n) is 5.21. The molecule has 0 aliphatic heterocycles. The Balaban J connectivity index is 1.66. The van der Waals surface area contributed by atoms with Crippen molar-refractivity contribution >= 4 is 28.9 Å². The van der Waals surface area contributed by atoms with Gasteiger partial charge in [-0.05, 0) is 84.1 Å². The second-order valence-corrected chi connectivity index (χ2v) is 12.2. The first-order valence-corrected chi connectivity index (χ1v) is 13.5. The van der Waals surface area contributed by atoms with Crippen LogP contribution in [0, 0.1) is 29.1 Å². The zero-order chi connectivity index (χ0) is 25.2. The number of thiophene rings is 1. The number of nitrogens with zero attached hydrogens (tertiary/aromatic N) is 4. The summed E-state index contributed by atoms with van der Waals surface area (Å²) in [6, 6.07) is 2.06. The van der Waals surface area contributed by atoms with Crippen LogP contribution in [-0.4, -0.2) is 37.8 Å². The monoisotopic (exact) mass is 496 g/mol. The predicted octanol–water partition coefficient (Wildman–Crippen LogP) is 5.78. The van der Waals surface area contributed by atoms with Crippen LogP contribution in [0.5, 0.6) is 0 Å². The van der Waals surface area contributed by atoms with Gasteiger partial charge in [-0.25, -0.2) is 14.5 Å². The third kappa shape index (κ3) is 6.13. The van der Waals surface area contributed by atoms with Gasteiger partial charge in [0.2, 0.25) is 5.91 Å². The molecule has 4 rings (SSSR count). The number of carbonyl (C=O) groups is 2. The average molecular weight is 497 g/mol. The van der Waals surface area contributed by atoms with Crippen molar-refractivity contribution in [2.24, 2.45) is 17.3 Å². The highest BCUT2D eigenvalue weighted by Gasteiger charge is 2.37. The quantitative estimate of drug-likeness (QED) is 0.530. The number of amides is 1. The zero-order valence-electron chi connectivity index (χ0n) is 21.2. The van der Waals surface area contributed by atoms with Crippen molar-refractivity contribution in [3.05, 3.63) is 28.5 Å². The third-order valence-electron chi connectivity index (χ3n) is 7.17. The number of aromatic nitrogens is 3. The smallest absolute Gasteiger partial charge is 0.348 e. The Labute approximate surface area is 211 Å². The number of rotatable bonds is 5. The molecule has 2 aromatic heterocycles. The molecule has 2 aromatic rings. The molecule has 2 aliphatic carbocycles. The first-order valence-electron chi connectivity index (χ1n) is 12.7. The van der Waals surface area contributed by atoms with Crippen molar-refractivity contribution in [3.8, 4) is 11.8 Å². The van der Waals surface area contributed by atoms with Crippen LogP contribution < -0.4 is 4.90 Å². The van der Waals surface area contributed by atoms with Crippen molar-refractivity contribution in [2.45, 2.75) is 91.1 Å². The van der Waals surface area contributed by atoms with Gasteiger partial charge in [0, 0.05) is 17.4 Å². The lowest BCUT2D eigenvalue weighted by Crippen LogP contribution is -2.46. The second kappa shape index (κ2) is 10.5. The molecule has 0 saturated heterocycles. The Morgan fingerprint density at radius 1 is 1.11 bits per heavy atom. The molecule has 0 spiro atoms. The van der Waals surface area contributed by atoms with Crippen molar-refractivity contribution in [1.29, 1.82) is 0 Å². The Morgan fingerprint density at radius 2 is 1.80 bits per heavy atom. The number of carboxylic acids is 1. The SMILES string of the molecule is CC1CCC(C(=O)N(c2cc(C#CC(C)(C)C)sc2C(=O)O)C2CCC(n3cncn3)CC2)CC1. The zero-order valence-corrected chi connectivity index (χ0v) is 22.0. The van der Waals surface area contributed by atoms with Crippen molar-refractivity contribution in [3.63, 3.8) is 0 Å². The molecule has 0 unspecified atom stereocenters. The molecule has 2 heterocycles. The lowest BCUT2D eigenvalue weighted by atomic mass is 9.81. The van der Waals surface area contributed by atoms with Gasteiger partial charge in [0.15, 0.2) is 0 Å². The Kier molecular flexibility index (Phi) is 7.65. The standard InChI is InChI=1S/C27H36N4O3S/c1-18-5-7-19(8-6-18)25(32)31(21-11-9-20(10-12-21)30-17-28-16-29-30)23-15-22(13-14-27(2,3)4)35-24(23)26(33)34/h15-21H,5-12H2,1-4H3,(H,33,34). The molecule has 188 valence electrons. The number of hydrogen-bond acceptors (Lipinski definition) is 5. The first-order chi connectivity index (χ1) is 16.6. The van der Waals surface area contributed by atoms with E-state index in [2.05, 4.69) is 28.8 Å². The first kappa shape index (κ1) is 25.4. The normalized spacial score (nSPS) is 24.9. The van der Waals surface area contributed by atoms with Crippen LogP contribution >= 0.6 is 11.3 Å². The molecule has 35 heavy (non-hydrogen) atoms. The molecule has 0 atom stereocenters. The number of carboxylic acid groups (broad SMARTS) is 1. The van der Waals surface area contributed by atoms with Crippen molar-refractivity contribution in [2.75, 3.05) is 4.90 Å². The summed E-state index contributed by atoms with van der Waals surface area (Å²) in [4.78, 5) is 33.1. The van der Waals surface area contributed by atoms with E-state index in [1.807, 2.05) is 36.4 Å². The van der Waals surface area contributed by atoms with E-state index < -0.39 is 5.97 Å². The summed E-state index contributed by atoms with van der Waals surface area (Å²) in [7, 11) is 0. The summed E-state index contributed by atoms with van der Waals surface area (Å²) in [6.07, 6.45) is 10.5. The number of carbonyl (C=O) groups excluding carboxylic acids is 1. The fraction of sp³-hybridized carbons (Fsp3) is 0.630. The van der Waals surface area contributed by atoms with E-state index in [0.717, 1.165) is 51.4 Å². The molecule has 1 N–H and O–H groups in total. The summed E-state index contributed by atoms with van der Waals surface area (Å²) in [5.41, 5.74) is 0.329. The Hall–Kier alpha value is -2.66.